The first kappa shape index (κ1) is 21.5. The first-order valence-electron chi connectivity index (χ1n) is 8.57. The number of rotatable bonds is 6. The number of hydrogen-bond donors (Lipinski definition) is 1. The number of nitrogens with zero attached hydrogens (tertiary/aromatic N) is 3. The van der Waals surface area contributed by atoms with Crippen molar-refractivity contribution in [2.24, 2.45) is 4.99 Å². The van der Waals surface area contributed by atoms with E-state index in [4.69, 9.17) is 0 Å². The Bertz CT molecular complexity index is 531. The van der Waals surface area contributed by atoms with Crippen LogP contribution in [0.25, 0.3) is 0 Å². The fourth-order valence-electron chi connectivity index (χ4n) is 2.84. The van der Waals surface area contributed by atoms with Gasteiger partial charge in [0.15, 0.2) is 5.96 Å². The normalized spacial score (nSPS) is 14.7. The number of carbonyl (C=O) groups excluding carboxylic acids is 1. The Morgan fingerprint density at radius 3 is 2.44 bits per heavy atom. The average Bonchev–Trinajstić information content (AvgIpc) is 2.65. The van der Waals surface area contributed by atoms with Crippen LogP contribution in [0.5, 0.6) is 0 Å². The number of hydrogen-bond acceptors (Lipinski definition) is 4. The lowest BCUT2D eigenvalue weighted by Gasteiger charge is -2.37. The van der Waals surface area contributed by atoms with Crippen LogP contribution in [0.15, 0.2) is 35.3 Å². The Labute approximate surface area is 167 Å². The van der Waals surface area contributed by atoms with Crippen molar-refractivity contribution < 1.29 is 9.53 Å². The zero-order valence-corrected chi connectivity index (χ0v) is 17.4. The van der Waals surface area contributed by atoms with E-state index in [9.17, 15) is 4.79 Å². The molecule has 1 fully saturated rings. The highest BCUT2D eigenvalue weighted by Crippen LogP contribution is 2.15. The molecule has 1 aromatic carbocycles. The molecule has 140 valence electrons. The molecular formula is C18H29IN4O2. The average molecular weight is 460 g/mol. The zero-order valence-electron chi connectivity index (χ0n) is 15.1. The molecule has 7 heteroatoms. The van der Waals surface area contributed by atoms with Gasteiger partial charge in [-0.3, -0.25) is 9.79 Å². The van der Waals surface area contributed by atoms with Gasteiger partial charge in [-0.15, -0.1) is 24.0 Å². The van der Waals surface area contributed by atoms with Gasteiger partial charge in [0.1, 0.15) is 0 Å². The molecule has 0 spiro atoms. The van der Waals surface area contributed by atoms with Crippen LogP contribution in [0.3, 0.4) is 0 Å². The van der Waals surface area contributed by atoms with E-state index in [2.05, 4.69) is 49.1 Å². The van der Waals surface area contributed by atoms with Crippen LogP contribution >= 0.6 is 24.0 Å². The first-order valence-corrected chi connectivity index (χ1v) is 8.57. The third kappa shape index (κ3) is 7.09. The van der Waals surface area contributed by atoms with E-state index < -0.39 is 0 Å². The number of halogens is 1. The molecule has 0 radical (unpaired) electrons. The maximum Gasteiger partial charge on any atom is 0.305 e. The fourth-order valence-corrected chi connectivity index (χ4v) is 2.84. The Morgan fingerprint density at radius 1 is 1.16 bits per heavy atom. The molecule has 1 N–H and O–H groups in total. The summed E-state index contributed by atoms with van der Waals surface area (Å²) in [5, 5.41) is 3.39. The van der Waals surface area contributed by atoms with Gasteiger partial charge in [-0.1, -0.05) is 18.2 Å². The van der Waals surface area contributed by atoms with Gasteiger partial charge in [0.25, 0.3) is 0 Å². The minimum Gasteiger partial charge on any atom is -0.469 e. The van der Waals surface area contributed by atoms with Gasteiger partial charge < -0.3 is 19.9 Å². The molecule has 0 aliphatic carbocycles. The second kappa shape index (κ2) is 11.9. The summed E-state index contributed by atoms with van der Waals surface area (Å²) in [6.45, 7) is 4.72. The van der Waals surface area contributed by atoms with Crippen LogP contribution in [-0.2, 0) is 9.53 Å². The van der Waals surface area contributed by atoms with Crippen LogP contribution < -0.4 is 10.2 Å². The molecular weight excluding hydrogens is 431 g/mol. The molecule has 0 unspecified atom stereocenters. The summed E-state index contributed by atoms with van der Waals surface area (Å²) in [5.41, 5.74) is 1.28. The van der Waals surface area contributed by atoms with E-state index in [0.717, 1.165) is 51.5 Å². The largest absolute Gasteiger partial charge is 0.469 e. The SMILES string of the molecule is CN=C(NCCCCC(=O)OC)N1CCN(c2ccccc2)CC1.I. The number of guanidine groups is 1. The van der Waals surface area contributed by atoms with E-state index in [0.29, 0.717) is 6.42 Å². The number of ether oxygens (including phenoxy) is 1. The zero-order chi connectivity index (χ0) is 17.2. The first-order chi connectivity index (χ1) is 11.7. The van der Waals surface area contributed by atoms with Crippen molar-refractivity contribution in [2.45, 2.75) is 19.3 Å². The van der Waals surface area contributed by atoms with Crippen LogP contribution in [0.4, 0.5) is 5.69 Å². The Balaban J connectivity index is 0.00000312. The number of unbranched alkanes of at least 4 members (excludes halogenated alkanes) is 1. The van der Waals surface area contributed by atoms with Gasteiger partial charge in [-0.2, -0.15) is 0 Å². The summed E-state index contributed by atoms with van der Waals surface area (Å²) in [7, 11) is 3.25. The summed E-state index contributed by atoms with van der Waals surface area (Å²) in [4.78, 5) is 20.2. The molecule has 0 saturated carbocycles. The van der Waals surface area contributed by atoms with Crippen LogP contribution in [0.1, 0.15) is 19.3 Å². The summed E-state index contributed by atoms with van der Waals surface area (Å²) >= 11 is 0. The van der Waals surface area contributed by atoms with E-state index >= 15 is 0 Å². The third-order valence-electron chi connectivity index (χ3n) is 4.23. The highest BCUT2D eigenvalue weighted by Gasteiger charge is 2.19. The van der Waals surface area contributed by atoms with E-state index in [-0.39, 0.29) is 29.9 Å². The molecule has 1 heterocycles. The van der Waals surface area contributed by atoms with Crippen molar-refractivity contribution in [1.82, 2.24) is 10.2 Å². The van der Waals surface area contributed by atoms with Gasteiger partial charge in [0.05, 0.1) is 7.11 Å². The van der Waals surface area contributed by atoms with Gasteiger partial charge >= 0.3 is 5.97 Å². The maximum atomic E-state index is 11.1. The van der Waals surface area contributed by atoms with Crippen molar-refractivity contribution in [3.8, 4) is 0 Å². The van der Waals surface area contributed by atoms with Crippen LogP contribution in [0.2, 0.25) is 0 Å². The molecule has 0 amide bonds. The van der Waals surface area contributed by atoms with Crippen molar-refractivity contribution in [3.63, 3.8) is 0 Å². The molecule has 0 bridgehead atoms. The molecule has 1 saturated heterocycles. The van der Waals surface area contributed by atoms with Gasteiger partial charge in [-0.25, -0.2) is 0 Å². The lowest BCUT2D eigenvalue weighted by atomic mass is 10.2. The maximum absolute atomic E-state index is 11.1. The van der Waals surface area contributed by atoms with Crippen molar-refractivity contribution >= 4 is 41.6 Å². The Hall–Kier alpha value is -1.51. The number of nitrogens with one attached hydrogen (secondary N) is 1. The minimum absolute atomic E-state index is 0. The molecule has 0 aromatic heterocycles. The molecule has 1 aliphatic heterocycles. The second-order valence-electron chi connectivity index (χ2n) is 5.82. The standard InChI is InChI=1S/C18H28N4O2.HI/c1-19-18(20-11-7-6-10-17(23)24-2)22-14-12-21(13-15-22)16-8-4-3-5-9-16;/h3-5,8-9H,6-7,10-15H2,1-2H3,(H,19,20);1H. The van der Waals surface area contributed by atoms with E-state index in [1.807, 2.05) is 13.1 Å². The number of anilines is 1. The third-order valence-corrected chi connectivity index (χ3v) is 4.23. The lowest BCUT2D eigenvalue weighted by molar-refractivity contribution is -0.140. The monoisotopic (exact) mass is 460 g/mol. The Morgan fingerprint density at radius 2 is 1.84 bits per heavy atom. The number of esters is 1. The van der Waals surface area contributed by atoms with Gasteiger partial charge in [-0.05, 0) is 25.0 Å². The molecule has 25 heavy (non-hydrogen) atoms. The predicted molar refractivity (Wildman–Crippen MR) is 113 cm³/mol. The predicted octanol–water partition coefficient (Wildman–Crippen LogP) is 2.35. The summed E-state index contributed by atoms with van der Waals surface area (Å²) in [6, 6.07) is 10.5. The Kier molecular flexibility index (Phi) is 10.3. The number of benzene rings is 1. The summed E-state index contributed by atoms with van der Waals surface area (Å²) < 4.78 is 4.64. The second-order valence-corrected chi connectivity index (χ2v) is 5.82. The fraction of sp³-hybridized carbons (Fsp3) is 0.556. The smallest absolute Gasteiger partial charge is 0.305 e. The van der Waals surface area contributed by atoms with E-state index in [1.165, 1.54) is 12.8 Å². The minimum atomic E-state index is -0.142. The van der Waals surface area contributed by atoms with Crippen LogP contribution in [0, 0.1) is 0 Å². The van der Waals surface area contributed by atoms with Crippen molar-refractivity contribution in [2.75, 3.05) is 51.8 Å². The van der Waals surface area contributed by atoms with Gasteiger partial charge in [0, 0.05) is 51.9 Å². The number of para-hydroxylation sites is 1. The molecule has 1 aliphatic rings. The van der Waals surface area contributed by atoms with E-state index in [1.54, 1.807) is 0 Å². The molecule has 1 aromatic rings. The quantitative estimate of drug-likeness (QED) is 0.232. The molecule has 0 atom stereocenters. The van der Waals surface area contributed by atoms with Crippen molar-refractivity contribution in [3.05, 3.63) is 30.3 Å². The highest BCUT2D eigenvalue weighted by molar-refractivity contribution is 14.0. The molecule has 2 rings (SSSR count). The van der Waals surface area contributed by atoms with Crippen LogP contribution in [-0.4, -0.2) is 63.7 Å². The summed E-state index contributed by atoms with van der Waals surface area (Å²) in [5.74, 6) is 0.803. The molecule has 6 nitrogen and oxygen atoms in total. The number of piperazine rings is 1. The summed E-state index contributed by atoms with van der Waals surface area (Å²) in [6.07, 6.45) is 2.24. The topological polar surface area (TPSA) is 57.2 Å². The number of aliphatic imine (C=N–C) groups is 1. The van der Waals surface area contributed by atoms with Crippen molar-refractivity contribution in [1.29, 1.82) is 0 Å². The lowest BCUT2D eigenvalue weighted by Crippen LogP contribution is -2.52. The van der Waals surface area contributed by atoms with Gasteiger partial charge in [0.2, 0.25) is 0 Å². The highest BCUT2D eigenvalue weighted by atomic mass is 127. The number of methoxy groups -OCH3 is 1. The number of carbonyl (C=O) groups is 1.